The van der Waals surface area contributed by atoms with Crippen molar-refractivity contribution in [3.8, 4) is 5.75 Å². The topological polar surface area (TPSA) is 79.0 Å². The first-order chi connectivity index (χ1) is 10.6. The van der Waals surface area contributed by atoms with E-state index in [4.69, 9.17) is 4.74 Å². The van der Waals surface area contributed by atoms with Crippen LogP contribution in [-0.4, -0.2) is 53.9 Å². The van der Waals surface area contributed by atoms with Gasteiger partial charge in [-0.25, -0.2) is 4.79 Å². The van der Waals surface area contributed by atoms with Crippen molar-refractivity contribution >= 4 is 23.5 Å². The zero-order chi connectivity index (χ0) is 15.7. The molecule has 22 heavy (non-hydrogen) atoms. The van der Waals surface area contributed by atoms with Gasteiger partial charge in [-0.3, -0.25) is 14.5 Å². The standard InChI is InChI=1S/C15H17N3O4/c1-22-12-5-3-2-4-11(12)16-15(21)17-8-10(9-17)18-13(19)6-7-14(18)20/h2-5,10H,6-9H2,1H3,(H,16,21). The number of nitrogens with one attached hydrogen (secondary N) is 1. The fraction of sp³-hybridized carbons (Fsp3) is 0.400. The second-order valence-electron chi connectivity index (χ2n) is 5.35. The molecule has 1 aromatic carbocycles. The molecule has 3 rings (SSSR count). The first-order valence-corrected chi connectivity index (χ1v) is 7.14. The smallest absolute Gasteiger partial charge is 0.322 e. The lowest BCUT2D eigenvalue weighted by atomic mass is 10.1. The molecular formula is C15H17N3O4. The van der Waals surface area contributed by atoms with Gasteiger partial charge in [0.05, 0.1) is 18.8 Å². The summed E-state index contributed by atoms with van der Waals surface area (Å²) in [5.41, 5.74) is 0.590. The molecule has 0 aliphatic carbocycles. The number of likely N-dealkylation sites (tertiary alicyclic amines) is 2. The fourth-order valence-corrected chi connectivity index (χ4v) is 2.73. The molecule has 0 atom stereocenters. The van der Waals surface area contributed by atoms with Crippen molar-refractivity contribution in [2.24, 2.45) is 0 Å². The number of methoxy groups -OCH3 is 1. The molecule has 2 aliphatic heterocycles. The minimum atomic E-state index is -0.264. The lowest BCUT2D eigenvalue weighted by molar-refractivity contribution is -0.144. The molecular weight excluding hydrogens is 286 g/mol. The molecule has 0 unspecified atom stereocenters. The van der Waals surface area contributed by atoms with Crippen molar-refractivity contribution in [3.05, 3.63) is 24.3 Å². The predicted molar refractivity (Wildman–Crippen MR) is 78.5 cm³/mol. The van der Waals surface area contributed by atoms with E-state index in [0.29, 0.717) is 24.5 Å². The van der Waals surface area contributed by atoms with Crippen molar-refractivity contribution in [1.82, 2.24) is 9.80 Å². The van der Waals surface area contributed by atoms with Gasteiger partial charge in [-0.15, -0.1) is 0 Å². The molecule has 0 spiro atoms. The number of benzene rings is 1. The van der Waals surface area contributed by atoms with Gasteiger partial charge in [0, 0.05) is 25.9 Å². The summed E-state index contributed by atoms with van der Waals surface area (Å²) in [5.74, 6) is 0.303. The summed E-state index contributed by atoms with van der Waals surface area (Å²) in [5, 5.41) is 2.77. The molecule has 2 saturated heterocycles. The Labute approximate surface area is 127 Å². The molecule has 0 aromatic heterocycles. The van der Waals surface area contributed by atoms with Gasteiger partial charge in [0.1, 0.15) is 5.75 Å². The first-order valence-electron chi connectivity index (χ1n) is 7.14. The van der Waals surface area contributed by atoms with Gasteiger partial charge in [0.2, 0.25) is 11.8 Å². The molecule has 7 heteroatoms. The number of urea groups is 1. The van der Waals surface area contributed by atoms with E-state index < -0.39 is 0 Å². The van der Waals surface area contributed by atoms with Crippen LogP contribution in [0.4, 0.5) is 10.5 Å². The molecule has 1 N–H and O–H groups in total. The Kier molecular flexibility index (Phi) is 3.70. The number of carbonyl (C=O) groups excluding carboxylic acids is 3. The Hall–Kier alpha value is -2.57. The van der Waals surface area contributed by atoms with Gasteiger partial charge >= 0.3 is 6.03 Å². The van der Waals surface area contributed by atoms with Crippen LogP contribution in [0.1, 0.15) is 12.8 Å². The lowest BCUT2D eigenvalue weighted by Crippen LogP contribution is -2.63. The molecule has 0 saturated carbocycles. The van der Waals surface area contributed by atoms with Crippen LogP contribution in [0, 0.1) is 0 Å². The Bertz CT molecular complexity index is 609. The zero-order valence-electron chi connectivity index (χ0n) is 12.2. The Morgan fingerprint density at radius 1 is 1.18 bits per heavy atom. The van der Waals surface area contributed by atoms with Crippen molar-refractivity contribution in [2.75, 3.05) is 25.5 Å². The van der Waals surface area contributed by atoms with Crippen molar-refractivity contribution < 1.29 is 19.1 Å². The molecule has 0 radical (unpaired) electrons. The minimum Gasteiger partial charge on any atom is -0.495 e. The molecule has 7 nitrogen and oxygen atoms in total. The van der Waals surface area contributed by atoms with Gasteiger partial charge in [-0.1, -0.05) is 12.1 Å². The molecule has 116 valence electrons. The third kappa shape index (κ3) is 2.49. The lowest BCUT2D eigenvalue weighted by Gasteiger charge is -2.42. The Morgan fingerprint density at radius 2 is 1.82 bits per heavy atom. The molecule has 4 amide bonds. The van der Waals surface area contributed by atoms with Crippen LogP contribution in [0.25, 0.3) is 0 Å². The maximum absolute atomic E-state index is 12.2. The summed E-state index contributed by atoms with van der Waals surface area (Å²) in [6.45, 7) is 0.747. The summed E-state index contributed by atoms with van der Waals surface area (Å²) in [7, 11) is 1.54. The molecule has 2 heterocycles. The van der Waals surface area contributed by atoms with E-state index in [0.717, 1.165) is 0 Å². The Balaban J connectivity index is 1.57. The number of para-hydroxylation sites is 2. The maximum Gasteiger partial charge on any atom is 0.322 e. The second-order valence-corrected chi connectivity index (χ2v) is 5.35. The highest BCUT2D eigenvalue weighted by atomic mass is 16.5. The minimum absolute atomic E-state index is 0.139. The number of hydrogen-bond donors (Lipinski definition) is 1. The van der Waals surface area contributed by atoms with Crippen molar-refractivity contribution in [2.45, 2.75) is 18.9 Å². The molecule has 0 bridgehead atoms. The number of carbonyl (C=O) groups is 3. The molecule has 1 aromatic rings. The van der Waals surface area contributed by atoms with Crippen LogP contribution < -0.4 is 10.1 Å². The average molecular weight is 303 g/mol. The normalized spacial score (nSPS) is 18.4. The number of rotatable bonds is 3. The number of nitrogens with zero attached hydrogens (tertiary/aromatic N) is 2. The van der Waals surface area contributed by atoms with Crippen molar-refractivity contribution in [1.29, 1.82) is 0 Å². The highest BCUT2D eigenvalue weighted by molar-refractivity contribution is 6.02. The quantitative estimate of drug-likeness (QED) is 0.847. The number of anilines is 1. The van der Waals surface area contributed by atoms with Gasteiger partial charge in [0.25, 0.3) is 0 Å². The summed E-state index contributed by atoms with van der Waals surface area (Å²) in [6, 6.07) is 6.68. The van der Waals surface area contributed by atoms with Crippen LogP contribution in [0.15, 0.2) is 24.3 Å². The van der Waals surface area contributed by atoms with E-state index in [1.54, 1.807) is 23.1 Å². The van der Waals surface area contributed by atoms with Crippen molar-refractivity contribution in [3.63, 3.8) is 0 Å². The molecule has 2 aliphatic rings. The van der Waals surface area contributed by atoms with E-state index in [2.05, 4.69) is 5.32 Å². The Morgan fingerprint density at radius 3 is 2.45 bits per heavy atom. The van der Waals surface area contributed by atoms with E-state index in [-0.39, 0.29) is 36.7 Å². The van der Waals surface area contributed by atoms with Gasteiger partial charge in [-0.05, 0) is 12.1 Å². The largest absolute Gasteiger partial charge is 0.495 e. The van der Waals surface area contributed by atoms with Crippen LogP contribution in [0.2, 0.25) is 0 Å². The summed E-state index contributed by atoms with van der Waals surface area (Å²) >= 11 is 0. The summed E-state index contributed by atoms with van der Waals surface area (Å²) in [4.78, 5) is 38.3. The van der Waals surface area contributed by atoms with E-state index in [9.17, 15) is 14.4 Å². The van der Waals surface area contributed by atoms with Crippen LogP contribution in [-0.2, 0) is 9.59 Å². The summed E-state index contributed by atoms with van der Waals surface area (Å²) < 4.78 is 5.18. The van der Waals surface area contributed by atoms with E-state index >= 15 is 0 Å². The third-order valence-electron chi connectivity index (χ3n) is 3.95. The summed E-state index contributed by atoms with van der Waals surface area (Å²) in [6.07, 6.45) is 0.561. The van der Waals surface area contributed by atoms with Gasteiger partial charge < -0.3 is 15.0 Å². The van der Waals surface area contributed by atoms with Crippen LogP contribution in [0.3, 0.4) is 0 Å². The number of hydrogen-bond acceptors (Lipinski definition) is 4. The van der Waals surface area contributed by atoms with Gasteiger partial charge in [0.15, 0.2) is 0 Å². The number of imide groups is 1. The van der Waals surface area contributed by atoms with E-state index in [1.165, 1.54) is 12.0 Å². The average Bonchev–Trinajstić information content (AvgIpc) is 2.78. The third-order valence-corrected chi connectivity index (χ3v) is 3.95. The second kappa shape index (κ2) is 5.67. The fourth-order valence-electron chi connectivity index (χ4n) is 2.73. The highest BCUT2D eigenvalue weighted by Gasteiger charge is 2.42. The van der Waals surface area contributed by atoms with E-state index in [1.807, 2.05) is 6.07 Å². The van der Waals surface area contributed by atoms with Crippen LogP contribution >= 0.6 is 0 Å². The zero-order valence-corrected chi connectivity index (χ0v) is 12.2. The van der Waals surface area contributed by atoms with Crippen LogP contribution in [0.5, 0.6) is 5.75 Å². The first kappa shape index (κ1) is 14.4. The van der Waals surface area contributed by atoms with Gasteiger partial charge in [-0.2, -0.15) is 0 Å². The SMILES string of the molecule is COc1ccccc1NC(=O)N1CC(N2C(=O)CCC2=O)C1. The monoisotopic (exact) mass is 303 g/mol. The predicted octanol–water partition coefficient (Wildman–Crippen LogP) is 1.06. The highest BCUT2D eigenvalue weighted by Crippen LogP contribution is 2.26. The number of amides is 4. The maximum atomic E-state index is 12.2. The number of ether oxygens (including phenoxy) is 1. The molecule has 2 fully saturated rings.